The molecule has 0 atom stereocenters. The molecule has 7 nitrogen and oxygen atoms in total. The number of aromatic amines is 1. The summed E-state index contributed by atoms with van der Waals surface area (Å²) in [7, 11) is 1.52. The molecule has 0 radical (unpaired) electrons. The summed E-state index contributed by atoms with van der Waals surface area (Å²) in [5.74, 6) is -0.284. The number of benzene rings is 4. The minimum Gasteiger partial charge on any atom is -0.497 e. The van der Waals surface area contributed by atoms with Gasteiger partial charge in [-0.3, -0.25) is 4.79 Å². The van der Waals surface area contributed by atoms with Gasteiger partial charge in [0.1, 0.15) is 11.4 Å². The number of hydrazone groups is 1. The van der Waals surface area contributed by atoms with Crippen molar-refractivity contribution in [2.75, 3.05) is 7.11 Å². The third kappa shape index (κ3) is 5.82. The van der Waals surface area contributed by atoms with E-state index in [9.17, 15) is 9.59 Å². The van der Waals surface area contributed by atoms with Crippen molar-refractivity contribution in [3.05, 3.63) is 116 Å². The Morgan fingerprint density at radius 2 is 1.75 bits per heavy atom. The van der Waals surface area contributed by atoms with Crippen LogP contribution in [0.4, 0.5) is 0 Å². The molecule has 10 heteroatoms. The number of aromatic nitrogens is 1. The standard InChI is InChI=1S/C30H20Br2ClN3O4/c1-39-20-8-6-7-17(14-20)30(38)40-28-18(13-19(31)15-23(28)32)16-34-36-29(37)27-26(21-9-2-4-11-24(21)33)22-10-3-5-12-25(22)35-27/h2-16,35H,1H3,(H,36,37). The summed E-state index contributed by atoms with van der Waals surface area (Å²) in [5, 5.41) is 5.54. The summed E-state index contributed by atoms with van der Waals surface area (Å²) in [6.07, 6.45) is 1.40. The molecule has 0 aliphatic heterocycles. The summed E-state index contributed by atoms with van der Waals surface area (Å²) < 4.78 is 12.1. The van der Waals surface area contributed by atoms with E-state index in [1.165, 1.54) is 13.3 Å². The first-order valence-corrected chi connectivity index (χ1v) is 13.9. The van der Waals surface area contributed by atoms with Crippen molar-refractivity contribution in [2.45, 2.75) is 0 Å². The topological polar surface area (TPSA) is 92.8 Å². The Bertz CT molecular complexity index is 1780. The van der Waals surface area contributed by atoms with Gasteiger partial charge >= 0.3 is 5.97 Å². The SMILES string of the molecule is COc1cccc(C(=O)Oc2c(Br)cc(Br)cc2C=NNC(=O)c2[nH]c3ccccc3c2-c2ccccc2Cl)c1. The lowest BCUT2D eigenvalue weighted by molar-refractivity contribution is 0.0732. The minimum absolute atomic E-state index is 0.233. The Hall–Kier alpha value is -3.92. The second-order valence-electron chi connectivity index (χ2n) is 8.53. The number of carbonyl (C=O) groups excluding carboxylic acids is 2. The Labute approximate surface area is 251 Å². The maximum atomic E-state index is 13.3. The van der Waals surface area contributed by atoms with Crippen LogP contribution in [0, 0.1) is 0 Å². The van der Waals surface area contributed by atoms with Crippen LogP contribution in [-0.2, 0) is 0 Å². The molecule has 0 unspecified atom stereocenters. The van der Waals surface area contributed by atoms with Gasteiger partial charge in [0.05, 0.1) is 23.4 Å². The van der Waals surface area contributed by atoms with Gasteiger partial charge in [0.15, 0.2) is 5.75 Å². The Morgan fingerprint density at radius 1 is 0.975 bits per heavy atom. The number of hydrogen-bond donors (Lipinski definition) is 2. The van der Waals surface area contributed by atoms with Gasteiger partial charge in [0.25, 0.3) is 5.91 Å². The summed E-state index contributed by atoms with van der Waals surface area (Å²) in [6.45, 7) is 0. The molecule has 1 amide bonds. The van der Waals surface area contributed by atoms with Crippen LogP contribution in [0.5, 0.6) is 11.5 Å². The van der Waals surface area contributed by atoms with E-state index in [-0.39, 0.29) is 5.75 Å². The van der Waals surface area contributed by atoms with Gasteiger partial charge in [0.2, 0.25) is 0 Å². The van der Waals surface area contributed by atoms with Crippen molar-refractivity contribution in [2.24, 2.45) is 5.10 Å². The molecule has 0 aliphatic rings. The maximum Gasteiger partial charge on any atom is 0.343 e. The smallest absolute Gasteiger partial charge is 0.343 e. The number of para-hydroxylation sites is 1. The predicted octanol–water partition coefficient (Wildman–Crippen LogP) is 8.01. The molecule has 1 aromatic heterocycles. The van der Waals surface area contributed by atoms with Gasteiger partial charge in [-0.2, -0.15) is 5.10 Å². The first-order valence-electron chi connectivity index (χ1n) is 11.9. The molecular weight excluding hydrogens is 662 g/mol. The summed E-state index contributed by atoms with van der Waals surface area (Å²) in [5.41, 5.74) is 5.83. The molecule has 5 rings (SSSR count). The number of esters is 1. The fourth-order valence-corrected chi connectivity index (χ4v) is 5.73. The van der Waals surface area contributed by atoms with Crippen LogP contribution in [0.15, 0.2) is 99.0 Å². The highest BCUT2D eigenvalue weighted by atomic mass is 79.9. The number of nitrogens with one attached hydrogen (secondary N) is 2. The van der Waals surface area contributed by atoms with E-state index < -0.39 is 11.9 Å². The number of methoxy groups -OCH3 is 1. The van der Waals surface area contributed by atoms with Gasteiger partial charge < -0.3 is 14.5 Å². The lowest BCUT2D eigenvalue weighted by Gasteiger charge is -2.11. The molecule has 2 N–H and O–H groups in total. The van der Waals surface area contributed by atoms with Gasteiger partial charge in [-0.05, 0) is 58.4 Å². The van der Waals surface area contributed by atoms with Gasteiger partial charge in [-0.15, -0.1) is 0 Å². The summed E-state index contributed by atoms with van der Waals surface area (Å²) >= 11 is 13.4. The van der Waals surface area contributed by atoms with E-state index in [1.807, 2.05) is 42.5 Å². The molecule has 5 aromatic rings. The predicted molar refractivity (Wildman–Crippen MR) is 164 cm³/mol. The number of rotatable bonds is 7. The van der Waals surface area contributed by atoms with Gasteiger partial charge in [0, 0.05) is 37.1 Å². The molecule has 0 saturated carbocycles. The van der Waals surface area contributed by atoms with Crippen molar-refractivity contribution >= 4 is 72.5 Å². The van der Waals surface area contributed by atoms with Crippen molar-refractivity contribution in [3.8, 4) is 22.6 Å². The zero-order valence-corrected chi connectivity index (χ0v) is 24.8. The fraction of sp³-hybridized carbons (Fsp3) is 0.0333. The van der Waals surface area contributed by atoms with Crippen LogP contribution >= 0.6 is 43.5 Å². The molecule has 40 heavy (non-hydrogen) atoms. The first-order chi connectivity index (χ1) is 19.4. The average molecular weight is 682 g/mol. The maximum absolute atomic E-state index is 13.3. The van der Waals surface area contributed by atoms with Crippen molar-refractivity contribution in [1.29, 1.82) is 0 Å². The number of nitrogens with zero attached hydrogens (tertiary/aromatic N) is 1. The van der Waals surface area contributed by atoms with Crippen LogP contribution in [0.3, 0.4) is 0 Å². The quantitative estimate of drug-likeness (QED) is 0.0788. The number of H-pyrrole nitrogens is 1. The lowest BCUT2D eigenvalue weighted by atomic mass is 10.0. The molecule has 4 aromatic carbocycles. The van der Waals surface area contributed by atoms with Crippen LogP contribution < -0.4 is 14.9 Å². The summed E-state index contributed by atoms with van der Waals surface area (Å²) in [6, 6.07) is 25.0. The number of carbonyl (C=O) groups is 2. The highest BCUT2D eigenvalue weighted by molar-refractivity contribution is 9.11. The lowest BCUT2D eigenvalue weighted by Crippen LogP contribution is -2.19. The molecule has 1 heterocycles. The summed E-state index contributed by atoms with van der Waals surface area (Å²) in [4.78, 5) is 29.4. The molecule has 0 spiro atoms. The van der Waals surface area contributed by atoms with E-state index in [0.717, 1.165) is 16.5 Å². The third-order valence-electron chi connectivity index (χ3n) is 5.98. The molecular formula is C30H20Br2ClN3O4. The van der Waals surface area contributed by atoms with E-state index in [0.29, 0.717) is 42.1 Å². The van der Waals surface area contributed by atoms with Crippen molar-refractivity contribution in [3.63, 3.8) is 0 Å². The van der Waals surface area contributed by atoms with Crippen molar-refractivity contribution < 1.29 is 19.1 Å². The normalized spacial score (nSPS) is 11.1. The highest BCUT2D eigenvalue weighted by Gasteiger charge is 2.21. The average Bonchev–Trinajstić information content (AvgIpc) is 3.34. The van der Waals surface area contributed by atoms with E-state index in [1.54, 1.807) is 42.5 Å². The molecule has 0 fully saturated rings. The second-order valence-corrected chi connectivity index (χ2v) is 10.7. The van der Waals surface area contributed by atoms with E-state index >= 15 is 0 Å². The molecule has 200 valence electrons. The van der Waals surface area contributed by atoms with E-state index in [2.05, 4.69) is 47.4 Å². The number of fused-ring (bicyclic) bond motifs is 1. The monoisotopic (exact) mass is 679 g/mol. The number of amides is 1. The zero-order chi connectivity index (χ0) is 28.2. The number of ether oxygens (including phenoxy) is 2. The van der Waals surface area contributed by atoms with Gasteiger partial charge in [-0.1, -0.05) is 70.0 Å². The second kappa shape index (κ2) is 12.1. The Kier molecular flexibility index (Phi) is 8.35. The fourth-order valence-electron chi connectivity index (χ4n) is 4.16. The molecule has 0 saturated heterocycles. The Balaban J connectivity index is 1.44. The number of hydrogen-bond acceptors (Lipinski definition) is 5. The van der Waals surface area contributed by atoms with Gasteiger partial charge in [-0.25, -0.2) is 10.2 Å². The molecule has 0 bridgehead atoms. The minimum atomic E-state index is -0.580. The van der Waals surface area contributed by atoms with Crippen LogP contribution in [0.25, 0.3) is 22.0 Å². The zero-order valence-electron chi connectivity index (χ0n) is 20.9. The van der Waals surface area contributed by atoms with E-state index in [4.69, 9.17) is 21.1 Å². The van der Waals surface area contributed by atoms with Crippen LogP contribution in [0.2, 0.25) is 5.02 Å². The third-order valence-corrected chi connectivity index (χ3v) is 7.36. The Morgan fingerprint density at radius 3 is 2.55 bits per heavy atom. The number of halogens is 3. The van der Waals surface area contributed by atoms with Crippen LogP contribution in [-0.4, -0.2) is 30.2 Å². The van der Waals surface area contributed by atoms with Crippen molar-refractivity contribution in [1.82, 2.24) is 10.4 Å². The largest absolute Gasteiger partial charge is 0.497 e. The first kappa shape index (κ1) is 27.6. The highest BCUT2D eigenvalue weighted by Crippen LogP contribution is 2.37. The van der Waals surface area contributed by atoms with Crippen LogP contribution in [0.1, 0.15) is 26.4 Å². The molecule has 0 aliphatic carbocycles.